The fraction of sp³-hybridized carbons (Fsp3) is 0.118. The molecule has 0 aliphatic carbocycles. The quantitative estimate of drug-likeness (QED) is 0.605. The minimum atomic E-state index is -4.92. The average molecular weight is 451 g/mol. The fourth-order valence-electron chi connectivity index (χ4n) is 2.52. The standard InChI is InChI=1S/C17H11F6N3O3S/c18-16(19,20)14-9-26(11-3-7-13(8-4-11)30(24,27)28)15(25-14)10-1-5-12(6-2-10)29-17(21,22)23/h1-9H,(H2,24,27,28). The number of halogens is 6. The molecule has 0 spiro atoms. The lowest BCUT2D eigenvalue weighted by molar-refractivity contribution is -0.274. The molecule has 6 nitrogen and oxygen atoms in total. The van der Waals surface area contributed by atoms with E-state index in [1.54, 1.807) is 0 Å². The summed E-state index contributed by atoms with van der Waals surface area (Å²) in [6, 6.07) is 8.71. The van der Waals surface area contributed by atoms with Crippen molar-refractivity contribution in [2.75, 3.05) is 0 Å². The largest absolute Gasteiger partial charge is 0.573 e. The molecule has 0 unspecified atom stereocenters. The first-order valence-electron chi connectivity index (χ1n) is 7.90. The Morgan fingerprint density at radius 1 is 0.900 bits per heavy atom. The highest BCUT2D eigenvalue weighted by Gasteiger charge is 2.35. The Morgan fingerprint density at radius 3 is 1.93 bits per heavy atom. The molecule has 0 aliphatic heterocycles. The van der Waals surface area contributed by atoms with Gasteiger partial charge in [-0.3, -0.25) is 4.57 Å². The first-order chi connectivity index (χ1) is 13.7. The normalized spacial score (nSPS) is 12.8. The van der Waals surface area contributed by atoms with Crippen LogP contribution in [0.5, 0.6) is 5.75 Å². The van der Waals surface area contributed by atoms with Crippen LogP contribution in [0, 0.1) is 0 Å². The fourth-order valence-corrected chi connectivity index (χ4v) is 3.03. The third-order valence-electron chi connectivity index (χ3n) is 3.79. The van der Waals surface area contributed by atoms with Crippen LogP contribution in [0.3, 0.4) is 0 Å². The van der Waals surface area contributed by atoms with Gasteiger partial charge >= 0.3 is 12.5 Å². The molecule has 2 N–H and O–H groups in total. The van der Waals surface area contributed by atoms with Crippen molar-refractivity contribution < 1.29 is 39.5 Å². The van der Waals surface area contributed by atoms with Crippen LogP contribution in [0.2, 0.25) is 0 Å². The molecule has 3 rings (SSSR count). The molecule has 1 heterocycles. The van der Waals surface area contributed by atoms with Crippen molar-refractivity contribution in [3.05, 3.63) is 60.4 Å². The van der Waals surface area contributed by atoms with Crippen molar-refractivity contribution in [3.8, 4) is 22.8 Å². The van der Waals surface area contributed by atoms with Crippen LogP contribution in [0.1, 0.15) is 5.69 Å². The minimum absolute atomic E-state index is 0.0653. The Hall–Kier alpha value is -3.06. The van der Waals surface area contributed by atoms with Crippen LogP contribution in [-0.2, 0) is 16.2 Å². The molecule has 30 heavy (non-hydrogen) atoms. The van der Waals surface area contributed by atoms with E-state index in [0.717, 1.165) is 41.0 Å². The number of hydrogen-bond donors (Lipinski definition) is 1. The van der Waals surface area contributed by atoms with Crippen molar-refractivity contribution in [1.29, 1.82) is 0 Å². The van der Waals surface area contributed by atoms with Gasteiger partial charge in [0.05, 0.1) is 4.90 Å². The number of primary sulfonamides is 1. The van der Waals surface area contributed by atoms with E-state index in [4.69, 9.17) is 5.14 Å². The van der Waals surface area contributed by atoms with Crippen LogP contribution in [0.15, 0.2) is 59.6 Å². The third kappa shape index (κ3) is 4.91. The van der Waals surface area contributed by atoms with Crippen LogP contribution in [0.4, 0.5) is 26.3 Å². The van der Waals surface area contributed by atoms with Crippen molar-refractivity contribution in [2.45, 2.75) is 17.4 Å². The summed E-state index contributed by atoms with van der Waals surface area (Å²) in [6.07, 6.45) is -9.03. The summed E-state index contributed by atoms with van der Waals surface area (Å²) in [5, 5.41) is 5.00. The molecule has 1 aromatic heterocycles. The summed E-state index contributed by atoms with van der Waals surface area (Å²) in [5.74, 6) is -0.790. The highest BCUT2D eigenvalue weighted by Crippen LogP contribution is 2.33. The lowest BCUT2D eigenvalue weighted by atomic mass is 10.2. The molecule has 13 heteroatoms. The summed E-state index contributed by atoms with van der Waals surface area (Å²) < 4.78 is 104. The van der Waals surface area contributed by atoms with E-state index >= 15 is 0 Å². The number of alkyl halides is 6. The lowest BCUT2D eigenvalue weighted by Crippen LogP contribution is -2.16. The summed E-state index contributed by atoms with van der Waals surface area (Å²) in [5.41, 5.74) is -1.06. The number of hydrogen-bond acceptors (Lipinski definition) is 4. The molecule has 0 bridgehead atoms. The maximum atomic E-state index is 13.2. The first kappa shape index (κ1) is 21.6. The molecule has 0 radical (unpaired) electrons. The molecule has 0 saturated carbocycles. The van der Waals surface area contributed by atoms with Crippen molar-refractivity contribution in [2.24, 2.45) is 5.14 Å². The van der Waals surface area contributed by atoms with Crippen LogP contribution >= 0.6 is 0 Å². The van der Waals surface area contributed by atoms with Gasteiger partial charge in [0.15, 0.2) is 5.69 Å². The van der Waals surface area contributed by atoms with Gasteiger partial charge in [-0.15, -0.1) is 13.2 Å². The van der Waals surface area contributed by atoms with Crippen LogP contribution in [0.25, 0.3) is 17.1 Å². The Bertz CT molecular complexity index is 1150. The van der Waals surface area contributed by atoms with Gasteiger partial charge in [0.2, 0.25) is 10.0 Å². The first-order valence-corrected chi connectivity index (χ1v) is 9.45. The molecule has 160 valence electrons. The van der Waals surface area contributed by atoms with Gasteiger partial charge < -0.3 is 4.74 Å². The van der Waals surface area contributed by atoms with Crippen LogP contribution < -0.4 is 9.88 Å². The van der Waals surface area contributed by atoms with E-state index in [1.807, 2.05) is 0 Å². The predicted octanol–water partition coefficient (Wildman–Crippen LogP) is 4.10. The highest BCUT2D eigenvalue weighted by molar-refractivity contribution is 7.89. The predicted molar refractivity (Wildman–Crippen MR) is 92.1 cm³/mol. The number of rotatable bonds is 4. The van der Waals surface area contributed by atoms with E-state index < -0.39 is 34.0 Å². The number of imidazole rings is 1. The third-order valence-corrected chi connectivity index (χ3v) is 4.72. The second-order valence-electron chi connectivity index (χ2n) is 5.93. The van der Waals surface area contributed by atoms with Gasteiger partial charge in [0.25, 0.3) is 0 Å². The summed E-state index contributed by atoms with van der Waals surface area (Å²) in [4.78, 5) is 3.28. The number of nitrogens with zero attached hydrogens (tertiary/aromatic N) is 2. The van der Waals surface area contributed by atoms with E-state index in [1.165, 1.54) is 12.1 Å². The molecule has 0 saturated heterocycles. The zero-order valence-corrected chi connectivity index (χ0v) is 15.4. The van der Waals surface area contributed by atoms with Gasteiger partial charge in [-0.2, -0.15) is 13.2 Å². The van der Waals surface area contributed by atoms with Crippen molar-refractivity contribution >= 4 is 10.0 Å². The maximum Gasteiger partial charge on any atom is 0.573 e. The van der Waals surface area contributed by atoms with Gasteiger partial charge in [-0.1, -0.05) is 0 Å². The molecular formula is C17H11F6N3O3S. The number of ether oxygens (including phenoxy) is 1. The maximum absolute atomic E-state index is 13.2. The number of aromatic nitrogens is 2. The molecular weight excluding hydrogens is 440 g/mol. The Morgan fingerprint density at radius 2 is 1.47 bits per heavy atom. The highest BCUT2D eigenvalue weighted by atomic mass is 32.2. The molecule has 0 amide bonds. The zero-order valence-electron chi connectivity index (χ0n) is 14.6. The number of sulfonamides is 1. The van der Waals surface area contributed by atoms with Crippen molar-refractivity contribution in [3.63, 3.8) is 0 Å². The zero-order chi connectivity index (χ0) is 22.3. The van der Waals surface area contributed by atoms with Gasteiger partial charge in [-0.05, 0) is 48.5 Å². The van der Waals surface area contributed by atoms with Gasteiger partial charge in [-0.25, -0.2) is 18.5 Å². The SMILES string of the molecule is NS(=O)(=O)c1ccc(-n2cc(C(F)(F)F)nc2-c2ccc(OC(F)(F)F)cc2)cc1. The monoisotopic (exact) mass is 451 g/mol. The van der Waals surface area contributed by atoms with E-state index in [9.17, 15) is 34.8 Å². The number of benzene rings is 2. The second kappa shape index (κ2) is 7.32. The molecule has 0 atom stereocenters. The van der Waals surface area contributed by atoms with E-state index in [2.05, 4.69) is 9.72 Å². The minimum Gasteiger partial charge on any atom is -0.406 e. The van der Waals surface area contributed by atoms with Crippen molar-refractivity contribution in [1.82, 2.24) is 9.55 Å². The average Bonchev–Trinajstić information content (AvgIpc) is 3.06. The Labute approximate surface area is 165 Å². The van der Waals surface area contributed by atoms with Gasteiger partial charge in [0, 0.05) is 17.4 Å². The smallest absolute Gasteiger partial charge is 0.406 e. The Kier molecular flexibility index (Phi) is 5.28. The van der Waals surface area contributed by atoms with E-state index in [0.29, 0.717) is 6.20 Å². The topological polar surface area (TPSA) is 87.2 Å². The lowest BCUT2D eigenvalue weighted by Gasteiger charge is -2.11. The molecule has 0 fully saturated rings. The summed E-state index contributed by atoms with van der Waals surface area (Å²) in [7, 11) is -4.01. The summed E-state index contributed by atoms with van der Waals surface area (Å²) >= 11 is 0. The molecule has 3 aromatic rings. The van der Waals surface area contributed by atoms with Crippen LogP contribution in [-0.4, -0.2) is 24.3 Å². The second-order valence-corrected chi connectivity index (χ2v) is 7.49. The number of nitrogens with two attached hydrogens (primary N) is 1. The molecule has 2 aromatic carbocycles. The van der Waals surface area contributed by atoms with Gasteiger partial charge in [0.1, 0.15) is 11.6 Å². The summed E-state index contributed by atoms with van der Waals surface area (Å²) in [6.45, 7) is 0. The molecule has 0 aliphatic rings. The Balaban J connectivity index is 2.07. The van der Waals surface area contributed by atoms with E-state index in [-0.39, 0.29) is 22.0 Å².